The summed E-state index contributed by atoms with van der Waals surface area (Å²) in [6, 6.07) is 9.86. The molecule has 1 saturated heterocycles. The van der Waals surface area contributed by atoms with E-state index in [1.165, 1.54) is 0 Å². The van der Waals surface area contributed by atoms with Gasteiger partial charge in [-0.1, -0.05) is 18.2 Å². The Morgan fingerprint density at radius 3 is 2.79 bits per heavy atom. The van der Waals surface area contributed by atoms with Gasteiger partial charge in [-0.25, -0.2) is 0 Å². The van der Waals surface area contributed by atoms with Crippen LogP contribution in [0.3, 0.4) is 0 Å². The second-order valence-corrected chi connectivity index (χ2v) is 5.59. The van der Waals surface area contributed by atoms with E-state index in [2.05, 4.69) is 24.5 Å². The lowest BCUT2D eigenvalue weighted by Crippen LogP contribution is -2.45. The van der Waals surface area contributed by atoms with Crippen LogP contribution < -0.4 is 10.6 Å². The summed E-state index contributed by atoms with van der Waals surface area (Å²) in [7, 11) is 0. The van der Waals surface area contributed by atoms with Crippen LogP contribution in [0.4, 0.5) is 5.69 Å². The van der Waals surface area contributed by atoms with Gasteiger partial charge < -0.3 is 15.4 Å². The van der Waals surface area contributed by atoms with Crippen LogP contribution in [-0.2, 0) is 9.53 Å². The van der Waals surface area contributed by atoms with Crippen molar-refractivity contribution in [3.05, 3.63) is 30.3 Å². The largest absolute Gasteiger partial charge is 0.375 e. The van der Waals surface area contributed by atoms with E-state index >= 15 is 0 Å². The van der Waals surface area contributed by atoms with Gasteiger partial charge in [-0.3, -0.25) is 4.79 Å². The average Bonchev–Trinajstić information content (AvgIpc) is 2.36. The normalized spacial score (nSPS) is 21.9. The Labute approximate surface area is 114 Å². The van der Waals surface area contributed by atoms with Gasteiger partial charge in [-0.15, -0.1) is 0 Å². The van der Waals surface area contributed by atoms with E-state index in [1.807, 2.05) is 30.3 Å². The molecule has 0 aromatic heterocycles. The maximum absolute atomic E-state index is 11.8. The maximum atomic E-state index is 11.8. The molecule has 1 aliphatic rings. The van der Waals surface area contributed by atoms with Gasteiger partial charge in [0.05, 0.1) is 12.1 Å². The van der Waals surface area contributed by atoms with Crippen LogP contribution in [-0.4, -0.2) is 30.7 Å². The molecule has 4 nitrogen and oxygen atoms in total. The second-order valence-electron chi connectivity index (χ2n) is 5.59. The standard InChI is InChI=1S/C15H22N2O2/c1-15(2)10-13(8-9-19-15)16-11-14(18)17-12-6-4-3-5-7-12/h3-7,13,16H,8-11H2,1-2H3,(H,17,18). The Balaban J connectivity index is 1.75. The molecule has 1 aromatic rings. The molecule has 0 aliphatic carbocycles. The van der Waals surface area contributed by atoms with Gasteiger partial charge in [0.2, 0.25) is 5.91 Å². The molecule has 1 heterocycles. The van der Waals surface area contributed by atoms with Crippen molar-refractivity contribution in [3.63, 3.8) is 0 Å². The Bertz CT molecular complexity index is 417. The maximum Gasteiger partial charge on any atom is 0.238 e. The summed E-state index contributed by atoms with van der Waals surface area (Å²) in [5.41, 5.74) is 0.743. The molecular formula is C15H22N2O2. The highest BCUT2D eigenvalue weighted by molar-refractivity contribution is 5.92. The van der Waals surface area contributed by atoms with Crippen LogP contribution in [0.5, 0.6) is 0 Å². The third-order valence-electron chi connectivity index (χ3n) is 3.31. The van der Waals surface area contributed by atoms with Crippen LogP contribution in [0.15, 0.2) is 30.3 Å². The van der Waals surface area contributed by atoms with Crippen LogP contribution in [0.2, 0.25) is 0 Å². The molecule has 19 heavy (non-hydrogen) atoms. The predicted octanol–water partition coefficient (Wildman–Crippen LogP) is 2.17. The fourth-order valence-electron chi connectivity index (χ4n) is 2.37. The molecule has 1 atom stereocenters. The van der Waals surface area contributed by atoms with Crippen molar-refractivity contribution in [1.29, 1.82) is 0 Å². The fraction of sp³-hybridized carbons (Fsp3) is 0.533. The zero-order valence-electron chi connectivity index (χ0n) is 11.6. The Morgan fingerprint density at radius 1 is 1.37 bits per heavy atom. The summed E-state index contributed by atoms with van der Waals surface area (Å²) in [6.07, 6.45) is 1.90. The minimum absolute atomic E-state index is 0.00417. The number of carbonyl (C=O) groups is 1. The number of para-hydroxylation sites is 1. The van der Waals surface area contributed by atoms with Gasteiger partial charge in [0.25, 0.3) is 0 Å². The number of hydrogen-bond donors (Lipinski definition) is 2. The lowest BCUT2D eigenvalue weighted by atomic mass is 9.94. The number of hydrogen-bond acceptors (Lipinski definition) is 3. The van der Waals surface area contributed by atoms with Gasteiger partial charge in [-0.05, 0) is 38.8 Å². The molecule has 2 rings (SSSR count). The summed E-state index contributed by atoms with van der Waals surface area (Å²) < 4.78 is 5.66. The number of amides is 1. The van der Waals surface area contributed by atoms with Crippen molar-refractivity contribution in [3.8, 4) is 0 Å². The van der Waals surface area contributed by atoms with Crippen molar-refractivity contribution < 1.29 is 9.53 Å². The fourth-order valence-corrected chi connectivity index (χ4v) is 2.37. The van der Waals surface area contributed by atoms with E-state index in [1.54, 1.807) is 0 Å². The molecule has 104 valence electrons. The molecular weight excluding hydrogens is 240 g/mol. The third-order valence-corrected chi connectivity index (χ3v) is 3.31. The predicted molar refractivity (Wildman–Crippen MR) is 76.1 cm³/mol. The number of ether oxygens (including phenoxy) is 1. The van der Waals surface area contributed by atoms with Crippen LogP contribution in [0.25, 0.3) is 0 Å². The topological polar surface area (TPSA) is 50.4 Å². The van der Waals surface area contributed by atoms with Crippen molar-refractivity contribution in [2.24, 2.45) is 0 Å². The number of carbonyl (C=O) groups excluding carboxylic acids is 1. The van der Waals surface area contributed by atoms with Gasteiger partial charge in [0.1, 0.15) is 0 Å². The molecule has 2 N–H and O–H groups in total. The summed E-state index contributed by atoms with van der Waals surface area (Å²) in [6.45, 7) is 5.27. The summed E-state index contributed by atoms with van der Waals surface area (Å²) in [5.74, 6) is -0.00417. The zero-order chi connectivity index (χ0) is 13.7. The Kier molecular flexibility index (Phi) is 4.56. The van der Waals surface area contributed by atoms with Crippen molar-refractivity contribution in [2.75, 3.05) is 18.5 Å². The first kappa shape index (κ1) is 14.0. The van der Waals surface area contributed by atoms with E-state index in [4.69, 9.17) is 4.74 Å². The number of rotatable bonds is 4. The summed E-state index contributed by atoms with van der Waals surface area (Å²) >= 11 is 0. The quantitative estimate of drug-likeness (QED) is 0.874. The van der Waals surface area contributed by atoms with Crippen LogP contribution in [0, 0.1) is 0 Å². The molecule has 1 unspecified atom stereocenters. The highest BCUT2D eigenvalue weighted by Gasteiger charge is 2.28. The monoisotopic (exact) mass is 262 g/mol. The highest BCUT2D eigenvalue weighted by atomic mass is 16.5. The molecule has 1 aromatic carbocycles. The lowest BCUT2D eigenvalue weighted by molar-refractivity contribution is -0.116. The summed E-state index contributed by atoms with van der Waals surface area (Å²) in [5, 5.41) is 6.17. The van der Waals surface area contributed by atoms with Gasteiger partial charge in [0, 0.05) is 18.3 Å². The van der Waals surface area contributed by atoms with Crippen molar-refractivity contribution in [1.82, 2.24) is 5.32 Å². The zero-order valence-corrected chi connectivity index (χ0v) is 11.6. The average molecular weight is 262 g/mol. The van der Waals surface area contributed by atoms with E-state index in [9.17, 15) is 4.79 Å². The van der Waals surface area contributed by atoms with E-state index in [-0.39, 0.29) is 11.5 Å². The molecule has 1 aliphatic heterocycles. The Morgan fingerprint density at radius 2 is 2.11 bits per heavy atom. The molecule has 0 radical (unpaired) electrons. The van der Waals surface area contributed by atoms with Gasteiger partial charge >= 0.3 is 0 Å². The van der Waals surface area contributed by atoms with E-state index in [0.717, 1.165) is 25.1 Å². The minimum atomic E-state index is -0.0914. The first-order valence-electron chi connectivity index (χ1n) is 6.77. The first-order valence-corrected chi connectivity index (χ1v) is 6.77. The number of nitrogens with one attached hydrogen (secondary N) is 2. The van der Waals surface area contributed by atoms with Gasteiger partial charge in [-0.2, -0.15) is 0 Å². The smallest absolute Gasteiger partial charge is 0.238 e. The van der Waals surface area contributed by atoms with Crippen LogP contribution in [0.1, 0.15) is 26.7 Å². The summed E-state index contributed by atoms with van der Waals surface area (Å²) in [4.78, 5) is 11.8. The van der Waals surface area contributed by atoms with Gasteiger partial charge in [0.15, 0.2) is 0 Å². The molecule has 0 saturated carbocycles. The number of benzene rings is 1. The lowest BCUT2D eigenvalue weighted by Gasteiger charge is -2.35. The molecule has 4 heteroatoms. The Hall–Kier alpha value is -1.39. The SMILES string of the molecule is CC1(C)CC(NCC(=O)Nc2ccccc2)CCO1. The number of anilines is 1. The van der Waals surface area contributed by atoms with E-state index < -0.39 is 0 Å². The molecule has 0 bridgehead atoms. The first-order chi connectivity index (χ1) is 9.05. The molecule has 0 spiro atoms. The van der Waals surface area contributed by atoms with Crippen molar-refractivity contribution >= 4 is 11.6 Å². The third kappa shape index (κ3) is 4.65. The van der Waals surface area contributed by atoms with E-state index in [0.29, 0.717) is 12.6 Å². The highest BCUT2D eigenvalue weighted by Crippen LogP contribution is 2.23. The molecule has 1 fully saturated rings. The van der Waals surface area contributed by atoms with Crippen molar-refractivity contribution in [2.45, 2.75) is 38.3 Å². The molecule has 1 amide bonds. The minimum Gasteiger partial charge on any atom is -0.375 e. The second kappa shape index (κ2) is 6.17. The van der Waals surface area contributed by atoms with Crippen LogP contribution >= 0.6 is 0 Å².